The van der Waals surface area contributed by atoms with Crippen LogP contribution < -0.4 is 20.1 Å². The molecule has 43 heavy (non-hydrogen) atoms. The number of benzene rings is 3. The first-order chi connectivity index (χ1) is 20.6. The Morgan fingerprint density at radius 3 is 2.44 bits per heavy atom. The summed E-state index contributed by atoms with van der Waals surface area (Å²) in [5.74, 6) is -4.71. The zero-order chi connectivity index (χ0) is 30.7. The summed E-state index contributed by atoms with van der Waals surface area (Å²) < 4.78 is 42.7. The van der Waals surface area contributed by atoms with Crippen LogP contribution in [0.25, 0.3) is 0 Å². The summed E-state index contributed by atoms with van der Waals surface area (Å²) in [5, 5.41) is 13.9. The largest absolute Gasteiger partial charge is 0.481 e. The SMILES string of the molecule is O=C(O)COc1c(COC(=O)Nc2ccc(Oc3ccc(F)c(F)c3)cc2)ccc2c1C(=O)N(C1CCC(=O)NC1=O)C2. The van der Waals surface area contributed by atoms with Gasteiger partial charge in [0.05, 0.1) is 5.56 Å². The van der Waals surface area contributed by atoms with E-state index < -0.39 is 60.7 Å². The lowest BCUT2D eigenvalue weighted by atomic mass is 10.0. The Morgan fingerprint density at radius 2 is 1.74 bits per heavy atom. The summed E-state index contributed by atoms with van der Waals surface area (Å²) >= 11 is 0. The van der Waals surface area contributed by atoms with Crippen molar-refractivity contribution in [3.63, 3.8) is 0 Å². The Labute approximate surface area is 242 Å². The number of anilines is 1. The molecule has 2 heterocycles. The Kier molecular flexibility index (Phi) is 8.18. The van der Waals surface area contributed by atoms with Gasteiger partial charge in [0, 0.05) is 30.3 Å². The fraction of sp³-hybridized carbons (Fsp3) is 0.207. The number of fused-ring (bicyclic) bond motifs is 1. The van der Waals surface area contributed by atoms with Crippen molar-refractivity contribution in [2.45, 2.75) is 32.0 Å². The number of piperidine rings is 1. The summed E-state index contributed by atoms with van der Waals surface area (Å²) in [7, 11) is 0. The van der Waals surface area contributed by atoms with E-state index in [-0.39, 0.29) is 42.0 Å². The summed E-state index contributed by atoms with van der Waals surface area (Å²) in [6.45, 7) is -1.13. The molecule has 14 heteroatoms. The van der Waals surface area contributed by atoms with E-state index in [4.69, 9.17) is 19.3 Å². The van der Waals surface area contributed by atoms with Gasteiger partial charge in [-0.05, 0) is 48.4 Å². The van der Waals surface area contributed by atoms with Crippen LogP contribution in [0, 0.1) is 11.6 Å². The highest BCUT2D eigenvalue weighted by Gasteiger charge is 2.41. The maximum Gasteiger partial charge on any atom is 0.411 e. The standard InChI is InChI=1S/C29H23F2N3O9/c30-20-8-7-19(11-21(20)31)43-18-5-3-17(4-6-18)32-29(40)42-13-16-2-1-15-12-34(22-9-10-23(35)33-27(22)38)28(39)25(15)26(16)41-14-24(36)37/h1-8,11,22H,9-10,12-14H2,(H,32,40)(H,36,37)(H,33,35,38). The highest BCUT2D eigenvalue weighted by Crippen LogP contribution is 2.36. The highest BCUT2D eigenvalue weighted by molar-refractivity contribution is 6.06. The Balaban J connectivity index is 1.25. The molecule has 1 saturated heterocycles. The van der Waals surface area contributed by atoms with Crippen molar-refractivity contribution >= 4 is 35.5 Å². The first-order valence-corrected chi connectivity index (χ1v) is 12.9. The van der Waals surface area contributed by atoms with Gasteiger partial charge in [0.2, 0.25) is 11.8 Å². The smallest absolute Gasteiger partial charge is 0.411 e. The lowest BCUT2D eigenvalue weighted by Crippen LogP contribution is -2.52. The molecule has 3 N–H and O–H groups in total. The number of amides is 4. The zero-order valence-corrected chi connectivity index (χ0v) is 22.2. The number of ether oxygens (including phenoxy) is 3. The van der Waals surface area contributed by atoms with Crippen molar-refractivity contribution in [2.75, 3.05) is 11.9 Å². The van der Waals surface area contributed by atoms with Crippen molar-refractivity contribution in [2.24, 2.45) is 0 Å². The maximum atomic E-state index is 13.4. The Hall–Kier alpha value is -5.53. The average Bonchev–Trinajstić information content (AvgIpc) is 3.30. The van der Waals surface area contributed by atoms with Gasteiger partial charge in [-0.15, -0.1) is 0 Å². The zero-order valence-electron chi connectivity index (χ0n) is 22.2. The average molecular weight is 596 g/mol. The van der Waals surface area contributed by atoms with Gasteiger partial charge in [0.25, 0.3) is 5.91 Å². The normalized spacial score (nSPS) is 15.9. The first kappa shape index (κ1) is 29.0. The molecule has 0 spiro atoms. The monoisotopic (exact) mass is 595 g/mol. The number of aliphatic carboxylic acids is 1. The summed E-state index contributed by atoms with van der Waals surface area (Å²) in [4.78, 5) is 62.3. The van der Waals surface area contributed by atoms with E-state index in [9.17, 15) is 32.8 Å². The van der Waals surface area contributed by atoms with Crippen molar-refractivity contribution in [3.05, 3.63) is 82.9 Å². The Morgan fingerprint density at radius 1 is 1.00 bits per heavy atom. The van der Waals surface area contributed by atoms with Crippen LogP contribution in [0.15, 0.2) is 54.6 Å². The van der Waals surface area contributed by atoms with Crippen molar-refractivity contribution in [1.82, 2.24) is 10.2 Å². The molecule has 0 aliphatic carbocycles. The van der Waals surface area contributed by atoms with E-state index in [2.05, 4.69) is 10.6 Å². The molecule has 5 rings (SSSR count). The number of nitrogens with zero attached hydrogens (tertiary/aromatic N) is 1. The van der Waals surface area contributed by atoms with Crippen LogP contribution >= 0.6 is 0 Å². The molecule has 2 aliphatic rings. The van der Waals surface area contributed by atoms with E-state index >= 15 is 0 Å². The second-order valence-electron chi connectivity index (χ2n) is 9.57. The number of nitrogens with one attached hydrogen (secondary N) is 2. The minimum Gasteiger partial charge on any atom is -0.481 e. The molecule has 0 aromatic heterocycles. The molecule has 4 amide bonds. The number of halogens is 2. The molecule has 0 radical (unpaired) electrons. The lowest BCUT2D eigenvalue weighted by Gasteiger charge is -2.29. The fourth-order valence-electron chi connectivity index (χ4n) is 4.66. The molecule has 0 bridgehead atoms. The van der Waals surface area contributed by atoms with Crippen LogP contribution in [0.2, 0.25) is 0 Å². The number of carbonyl (C=O) groups is 5. The number of carbonyl (C=O) groups excluding carboxylic acids is 4. The molecular weight excluding hydrogens is 572 g/mol. The number of hydrogen-bond acceptors (Lipinski definition) is 8. The number of carboxylic acid groups (broad SMARTS) is 1. The molecule has 3 aromatic rings. The molecule has 1 unspecified atom stereocenters. The predicted octanol–water partition coefficient (Wildman–Crippen LogP) is 3.73. The van der Waals surface area contributed by atoms with Gasteiger partial charge in [-0.2, -0.15) is 0 Å². The van der Waals surface area contributed by atoms with E-state index in [0.717, 1.165) is 12.1 Å². The van der Waals surface area contributed by atoms with Crippen LogP contribution in [0.5, 0.6) is 17.2 Å². The van der Waals surface area contributed by atoms with E-state index in [1.54, 1.807) is 6.07 Å². The van der Waals surface area contributed by atoms with Gasteiger partial charge in [0.1, 0.15) is 29.9 Å². The molecule has 222 valence electrons. The summed E-state index contributed by atoms with van der Waals surface area (Å²) in [6.07, 6.45) is -0.670. The first-order valence-electron chi connectivity index (χ1n) is 12.9. The lowest BCUT2D eigenvalue weighted by molar-refractivity contribution is -0.139. The molecule has 3 aromatic carbocycles. The summed E-state index contributed by atoms with van der Waals surface area (Å²) in [6, 6.07) is 11.2. The maximum absolute atomic E-state index is 13.4. The van der Waals surface area contributed by atoms with Crippen LogP contribution in [-0.4, -0.2) is 52.4 Å². The molecule has 0 saturated carbocycles. The highest BCUT2D eigenvalue weighted by atomic mass is 19.2. The number of rotatable bonds is 9. The van der Waals surface area contributed by atoms with Crippen molar-refractivity contribution in [3.8, 4) is 17.2 Å². The minimum absolute atomic E-state index is 0.0430. The number of imide groups is 1. The van der Waals surface area contributed by atoms with Crippen LogP contribution in [0.3, 0.4) is 0 Å². The third-order valence-electron chi connectivity index (χ3n) is 6.65. The molecule has 2 aliphatic heterocycles. The van der Waals surface area contributed by atoms with E-state index in [0.29, 0.717) is 17.0 Å². The van der Waals surface area contributed by atoms with Gasteiger partial charge in [-0.3, -0.25) is 25.0 Å². The van der Waals surface area contributed by atoms with Crippen molar-refractivity contribution in [1.29, 1.82) is 0 Å². The molecular formula is C29H23F2N3O9. The van der Waals surface area contributed by atoms with Crippen molar-refractivity contribution < 1.29 is 52.1 Å². The van der Waals surface area contributed by atoms with Crippen LogP contribution in [0.4, 0.5) is 19.3 Å². The molecule has 1 fully saturated rings. The van der Waals surface area contributed by atoms with E-state index in [1.807, 2.05) is 0 Å². The van der Waals surface area contributed by atoms with Gasteiger partial charge in [-0.25, -0.2) is 18.4 Å². The van der Waals surface area contributed by atoms with Crippen LogP contribution in [-0.2, 0) is 32.3 Å². The molecule has 12 nitrogen and oxygen atoms in total. The number of hydrogen-bond donors (Lipinski definition) is 3. The van der Waals surface area contributed by atoms with Gasteiger partial charge >= 0.3 is 12.1 Å². The predicted molar refractivity (Wildman–Crippen MR) is 142 cm³/mol. The van der Waals surface area contributed by atoms with Gasteiger partial charge in [0.15, 0.2) is 18.2 Å². The molecule has 1 atom stereocenters. The van der Waals surface area contributed by atoms with Crippen LogP contribution in [0.1, 0.15) is 34.3 Å². The van der Waals surface area contributed by atoms with E-state index in [1.165, 1.54) is 41.3 Å². The van der Waals surface area contributed by atoms with Gasteiger partial charge < -0.3 is 24.2 Å². The second kappa shape index (κ2) is 12.1. The number of carboxylic acids is 1. The Bertz CT molecular complexity index is 1630. The third-order valence-corrected chi connectivity index (χ3v) is 6.65. The van der Waals surface area contributed by atoms with Gasteiger partial charge in [-0.1, -0.05) is 12.1 Å². The quantitative estimate of drug-likeness (QED) is 0.313. The summed E-state index contributed by atoms with van der Waals surface area (Å²) in [5.41, 5.74) is 1.05. The third kappa shape index (κ3) is 6.53. The minimum atomic E-state index is -1.30. The second-order valence-corrected chi connectivity index (χ2v) is 9.57. The fourth-order valence-corrected chi connectivity index (χ4v) is 4.66. The topological polar surface area (TPSA) is 161 Å².